The third kappa shape index (κ3) is 2.66. The van der Waals surface area contributed by atoms with E-state index in [9.17, 15) is 4.79 Å². The van der Waals surface area contributed by atoms with Gasteiger partial charge in [0.15, 0.2) is 0 Å². The van der Waals surface area contributed by atoms with Crippen LogP contribution in [0.5, 0.6) is 0 Å². The monoisotopic (exact) mass is 313 g/mol. The van der Waals surface area contributed by atoms with Gasteiger partial charge in [0.05, 0.1) is 18.1 Å². The van der Waals surface area contributed by atoms with E-state index in [4.69, 9.17) is 4.74 Å². The molecule has 2 unspecified atom stereocenters. The first-order valence-electron chi connectivity index (χ1n) is 8.69. The molecule has 0 spiro atoms. The highest BCUT2D eigenvalue weighted by Crippen LogP contribution is 2.59. The Morgan fingerprint density at radius 3 is 2.61 bits per heavy atom. The Kier molecular flexibility index (Phi) is 4.22. The number of esters is 1. The van der Waals surface area contributed by atoms with Crippen molar-refractivity contribution in [2.75, 3.05) is 13.2 Å². The van der Waals surface area contributed by atoms with Crippen molar-refractivity contribution >= 4 is 5.97 Å². The van der Waals surface area contributed by atoms with Crippen LogP contribution in [-0.4, -0.2) is 24.0 Å². The van der Waals surface area contributed by atoms with Gasteiger partial charge in [-0.1, -0.05) is 43.8 Å². The molecule has 3 heteroatoms. The number of likely N-dealkylation sites (tertiary alicyclic amines) is 1. The average Bonchev–Trinajstić information content (AvgIpc) is 3.31. The van der Waals surface area contributed by atoms with Gasteiger partial charge in [-0.05, 0) is 32.3 Å². The van der Waals surface area contributed by atoms with E-state index in [0.717, 1.165) is 25.1 Å². The number of ether oxygens (including phenoxy) is 1. The molecule has 2 fully saturated rings. The molecule has 0 amide bonds. The third-order valence-corrected chi connectivity index (χ3v) is 5.82. The number of carbonyl (C=O) groups excluding carboxylic acids is 1. The molecule has 0 radical (unpaired) electrons. The summed E-state index contributed by atoms with van der Waals surface area (Å²) < 4.78 is 5.36. The molecule has 0 bridgehead atoms. The molecule has 0 N–H and O–H groups in total. The molecule has 23 heavy (non-hydrogen) atoms. The van der Waals surface area contributed by atoms with Gasteiger partial charge in [0.1, 0.15) is 0 Å². The Balaban J connectivity index is 1.79. The molecule has 3 rings (SSSR count). The number of rotatable bonds is 5. The van der Waals surface area contributed by atoms with Crippen molar-refractivity contribution in [2.45, 2.75) is 39.7 Å². The topological polar surface area (TPSA) is 29.5 Å². The van der Waals surface area contributed by atoms with Crippen LogP contribution in [-0.2, 0) is 9.53 Å². The maximum atomic E-state index is 12.4. The minimum absolute atomic E-state index is 0.00105. The molecule has 3 nitrogen and oxygen atoms in total. The smallest absolute Gasteiger partial charge is 0.312 e. The van der Waals surface area contributed by atoms with Crippen LogP contribution in [0.2, 0.25) is 0 Å². The second kappa shape index (κ2) is 6.03. The summed E-state index contributed by atoms with van der Waals surface area (Å²) in [4.78, 5) is 14.8. The maximum Gasteiger partial charge on any atom is 0.312 e. The fraction of sp³-hybridized carbons (Fsp3) is 0.550. The number of carbonyl (C=O) groups is 1. The lowest BCUT2D eigenvalue weighted by molar-refractivity contribution is -0.152. The molecular formula is C20H27NO2. The van der Waals surface area contributed by atoms with Crippen molar-refractivity contribution in [3.05, 3.63) is 48.2 Å². The minimum Gasteiger partial charge on any atom is -0.466 e. The predicted molar refractivity (Wildman–Crippen MR) is 91.7 cm³/mol. The molecule has 1 heterocycles. The Morgan fingerprint density at radius 1 is 1.39 bits per heavy atom. The molecule has 1 saturated carbocycles. The highest BCUT2D eigenvalue weighted by atomic mass is 16.5. The second-order valence-electron chi connectivity index (χ2n) is 7.00. The van der Waals surface area contributed by atoms with E-state index in [1.54, 1.807) is 0 Å². The van der Waals surface area contributed by atoms with E-state index in [1.165, 1.54) is 5.56 Å². The highest BCUT2D eigenvalue weighted by Gasteiger charge is 2.61. The van der Waals surface area contributed by atoms with Gasteiger partial charge in [-0.25, -0.2) is 0 Å². The summed E-state index contributed by atoms with van der Waals surface area (Å²) in [5, 5.41) is 0. The molecule has 1 saturated heterocycles. The molecular weight excluding hydrogens is 286 g/mol. The van der Waals surface area contributed by atoms with Crippen LogP contribution in [0.4, 0.5) is 0 Å². The van der Waals surface area contributed by atoms with Gasteiger partial charge in [-0.3, -0.25) is 4.79 Å². The standard InChI is InChI=1S/C20H27NO2/c1-5-23-19(22)20(11-12-20)18-13-21(15(3)14(18)2)16(4)17-9-7-6-8-10-17/h6-10,14,16,18H,3,5,11-13H2,1-2,4H3/t14?,16?,18-/m0/s1. The van der Waals surface area contributed by atoms with Gasteiger partial charge in [0.25, 0.3) is 0 Å². The Hall–Kier alpha value is -1.77. The van der Waals surface area contributed by atoms with Crippen molar-refractivity contribution < 1.29 is 9.53 Å². The maximum absolute atomic E-state index is 12.4. The van der Waals surface area contributed by atoms with Gasteiger partial charge in [0, 0.05) is 24.1 Å². The molecule has 0 aromatic heterocycles. The molecule has 124 valence electrons. The average molecular weight is 313 g/mol. The van der Waals surface area contributed by atoms with Crippen LogP contribution in [0, 0.1) is 17.3 Å². The fourth-order valence-electron chi connectivity index (χ4n) is 4.09. The zero-order chi connectivity index (χ0) is 16.6. The molecule has 1 aliphatic carbocycles. The molecule has 1 aromatic carbocycles. The summed E-state index contributed by atoms with van der Waals surface area (Å²) >= 11 is 0. The van der Waals surface area contributed by atoms with Crippen LogP contribution in [0.15, 0.2) is 42.6 Å². The fourth-order valence-corrected chi connectivity index (χ4v) is 4.09. The first-order chi connectivity index (χ1) is 11.0. The lowest BCUT2D eigenvalue weighted by Gasteiger charge is -2.29. The third-order valence-electron chi connectivity index (χ3n) is 5.82. The molecule has 1 aliphatic heterocycles. The summed E-state index contributed by atoms with van der Waals surface area (Å²) in [5.41, 5.74) is 2.19. The first kappa shape index (κ1) is 16.1. The number of hydrogen-bond acceptors (Lipinski definition) is 3. The summed E-state index contributed by atoms with van der Waals surface area (Å²) in [6.45, 7) is 12.0. The van der Waals surface area contributed by atoms with Crippen LogP contribution in [0.1, 0.15) is 45.2 Å². The summed E-state index contributed by atoms with van der Waals surface area (Å²) in [5.74, 6) is 0.646. The van der Waals surface area contributed by atoms with E-state index in [-0.39, 0.29) is 17.4 Å². The van der Waals surface area contributed by atoms with E-state index in [1.807, 2.05) is 13.0 Å². The van der Waals surface area contributed by atoms with Gasteiger partial charge in [-0.2, -0.15) is 0 Å². The van der Waals surface area contributed by atoms with Gasteiger partial charge in [-0.15, -0.1) is 0 Å². The van der Waals surface area contributed by atoms with Crippen LogP contribution in [0.3, 0.4) is 0 Å². The number of allylic oxidation sites excluding steroid dienone is 1. The lowest BCUT2D eigenvalue weighted by atomic mass is 9.81. The van der Waals surface area contributed by atoms with Crippen LogP contribution in [0.25, 0.3) is 0 Å². The van der Waals surface area contributed by atoms with E-state index in [2.05, 4.69) is 49.6 Å². The van der Waals surface area contributed by atoms with E-state index in [0.29, 0.717) is 18.4 Å². The van der Waals surface area contributed by atoms with Crippen molar-refractivity contribution in [1.82, 2.24) is 4.90 Å². The highest BCUT2D eigenvalue weighted by molar-refractivity contribution is 5.80. The number of nitrogens with zero attached hydrogens (tertiary/aromatic N) is 1. The number of benzene rings is 1. The van der Waals surface area contributed by atoms with Crippen LogP contribution >= 0.6 is 0 Å². The summed E-state index contributed by atoms with van der Waals surface area (Å²) in [7, 11) is 0. The van der Waals surface area contributed by atoms with Crippen molar-refractivity contribution in [3.63, 3.8) is 0 Å². The van der Waals surface area contributed by atoms with E-state index >= 15 is 0 Å². The molecule has 2 aliphatic rings. The Labute approximate surface area is 139 Å². The molecule has 1 aromatic rings. The predicted octanol–water partition coefficient (Wildman–Crippen LogP) is 4.17. The Morgan fingerprint density at radius 2 is 2.04 bits per heavy atom. The van der Waals surface area contributed by atoms with Gasteiger partial charge >= 0.3 is 5.97 Å². The minimum atomic E-state index is -0.260. The van der Waals surface area contributed by atoms with Gasteiger partial charge in [0.2, 0.25) is 0 Å². The van der Waals surface area contributed by atoms with E-state index < -0.39 is 0 Å². The van der Waals surface area contributed by atoms with Crippen molar-refractivity contribution in [3.8, 4) is 0 Å². The number of hydrogen-bond donors (Lipinski definition) is 0. The first-order valence-corrected chi connectivity index (χ1v) is 8.69. The van der Waals surface area contributed by atoms with Gasteiger partial charge < -0.3 is 9.64 Å². The largest absolute Gasteiger partial charge is 0.466 e. The zero-order valence-corrected chi connectivity index (χ0v) is 14.4. The van der Waals surface area contributed by atoms with Crippen molar-refractivity contribution in [1.29, 1.82) is 0 Å². The normalized spacial score (nSPS) is 26.9. The summed E-state index contributed by atoms with van der Waals surface area (Å²) in [6, 6.07) is 10.8. The molecule has 3 atom stereocenters. The quantitative estimate of drug-likeness (QED) is 0.764. The van der Waals surface area contributed by atoms with Crippen molar-refractivity contribution in [2.24, 2.45) is 17.3 Å². The second-order valence-corrected chi connectivity index (χ2v) is 7.00. The SMILES string of the molecule is C=C1C(C)[C@@H](C2(C(=O)OCC)CC2)CN1C(C)c1ccccc1. The zero-order valence-electron chi connectivity index (χ0n) is 14.4. The van der Waals surface area contributed by atoms with Crippen LogP contribution < -0.4 is 0 Å². The lowest BCUT2D eigenvalue weighted by Crippen LogP contribution is -2.32. The Bertz CT molecular complexity index is 591. The summed E-state index contributed by atoms with van der Waals surface area (Å²) in [6.07, 6.45) is 1.92.